The minimum atomic E-state index is -0.624. The SMILES string of the molecule is Cc1ccc2nc(-c3ccc(NC(=O)COC(=O)C=Cc4ccccc4Cl)cc3)sc2c1. The number of aromatic nitrogens is 1. The van der Waals surface area contributed by atoms with Gasteiger partial charge in [-0.2, -0.15) is 0 Å². The molecule has 3 aromatic carbocycles. The van der Waals surface area contributed by atoms with Crippen LogP contribution in [0.2, 0.25) is 5.02 Å². The molecular weight excluding hydrogens is 444 g/mol. The zero-order valence-corrected chi connectivity index (χ0v) is 18.7. The molecule has 0 saturated heterocycles. The number of hydrogen-bond donors (Lipinski definition) is 1. The van der Waals surface area contributed by atoms with E-state index >= 15 is 0 Å². The molecule has 0 atom stereocenters. The number of ether oxygens (including phenoxy) is 1. The third kappa shape index (κ3) is 5.41. The molecule has 0 aliphatic heterocycles. The number of esters is 1. The predicted octanol–water partition coefficient (Wildman–Crippen LogP) is 6.12. The van der Waals surface area contributed by atoms with E-state index in [1.54, 1.807) is 47.7 Å². The molecule has 0 aliphatic rings. The number of amides is 1. The van der Waals surface area contributed by atoms with E-state index in [4.69, 9.17) is 16.3 Å². The normalized spacial score (nSPS) is 11.1. The van der Waals surface area contributed by atoms with Crippen LogP contribution in [0.1, 0.15) is 11.1 Å². The summed E-state index contributed by atoms with van der Waals surface area (Å²) in [5.74, 6) is -1.05. The summed E-state index contributed by atoms with van der Waals surface area (Å²) in [5.41, 5.74) is 4.44. The number of benzene rings is 3. The summed E-state index contributed by atoms with van der Waals surface area (Å²) in [6, 6.07) is 20.7. The molecule has 5 nitrogen and oxygen atoms in total. The Kier molecular flexibility index (Phi) is 6.63. The molecule has 0 saturated carbocycles. The van der Waals surface area contributed by atoms with Crippen molar-refractivity contribution >= 4 is 56.8 Å². The maximum absolute atomic E-state index is 12.1. The van der Waals surface area contributed by atoms with Crippen molar-refractivity contribution in [1.29, 1.82) is 0 Å². The van der Waals surface area contributed by atoms with Crippen LogP contribution in [0, 0.1) is 6.92 Å². The Bertz CT molecular complexity index is 1310. The first-order valence-corrected chi connectivity index (χ1v) is 11.0. The van der Waals surface area contributed by atoms with Gasteiger partial charge in [0.15, 0.2) is 6.61 Å². The quantitative estimate of drug-likeness (QED) is 0.277. The minimum Gasteiger partial charge on any atom is -0.452 e. The summed E-state index contributed by atoms with van der Waals surface area (Å²) in [7, 11) is 0. The molecule has 1 aromatic heterocycles. The lowest BCUT2D eigenvalue weighted by molar-refractivity contribution is -0.142. The number of nitrogens with zero attached hydrogens (tertiary/aromatic N) is 1. The van der Waals surface area contributed by atoms with Gasteiger partial charge in [-0.25, -0.2) is 9.78 Å². The molecule has 0 spiro atoms. The van der Waals surface area contributed by atoms with E-state index in [-0.39, 0.29) is 6.61 Å². The van der Waals surface area contributed by atoms with Crippen LogP contribution in [0.4, 0.5) is 5.69 Å². The van der Waals surface area contributed by atoms with Crippen molar-refractivity contribution in [3.63, 3.8) is 0 Å². The molecule has 7 heteroatoms. The Morgan fingerprint density at radius 3 is 2.66 bits per heavy atom. The molecule has 160 valence electrons. The monoisotopic (exact) mass is 462 g/mol. The zero-order valence-electron chi connectivity index (χ0n) is 17.2. The van der Waals surface area contributed by atoms with E-state index < -0.39 is 11.9 Å². The van der Waals surface area contributed by atoms with Crippen LogP contribution >= 0.6 is 22.9 Å². The van der Waals surface area contributed by atoms with Gasteiger partial charge in [0, 0.05) is 22.3 Å². The number of carbonyl (C=O) groups excluding carboxylic acids is 2. The van der Waals surface area contributed by atoms with Gasteiger partial charge in [0.1, 0.15) is 5.01 Å². The maximum atomic E-state index is 12.1. The van der Waals surface area contributed by atoms with Crippen LogP contribution in [0.15, 0.2) is 72.8 Å². The van der Waals surface area contributed by atoms with Gasteiger partial charge in [0.2, 0.25) is 0 Å². The topological polar surface area (TPSA) is 68.3 Å². The number of nitrogens with one attached hydrogen (secondary N) is 1. The van der Waals surface area contributed by atoms with Crippen molar-refractivity contribution in [2.24, 2.45) is 0 Å². The highest BCUT2D eigenvalue weighted by molar-refractivity contribution is 7.21. The van der Waals surface area contributed by atoms with Crippen molar-refractivity contribution in [2.45, 2.75) is 6.92 Å². The number of halogens is 1. The molecule has 1 N–H and O–H groups in total. The molecule has 4 rings (SSSR count). The maximum Gasteiger partial charge on any atom is 0.331 e. The Hall–Kier alpha value is -3.48. The van der Waals surface area contributed by atoms with Gasteiger partial charge < -0.3 is 10.1 Å². The lowest BCUT2D eigenvalue weighted by Crippen LogP contribution is -2.20. The Labute approximate surface area is 194 Å². The van der Waals surface area contributed by atoms with E-state index in [0.29, 0.717) is 16.3 Å². The summed E-state index contributed by atoms with van der Waals surface area (Å²) in [6.45, 7) is 1.67. The average Bonchev–Trinajstić information content (AvgIpc) is 3.21. The van der Waals surface area contributed by atoms with Crippen LogP contribution < -0.4 is 5.32 Å². The predicted molar refractivity (Wildman–Crippen MR) is 130 cm³/mol. The molecule has 1 amide bonds. The molecule has 0 unspecified atom stereocenters. The second-order valence-corrected chi connectivity index (χ2v) is 8.52. The first kappa shape index (κ1) is 21.7. The molecule has 0 aliphatic carbocycles. The van der Waals surface area contributed by atoms with Crippen LogP contribution in [-0.4, -0.2) is 23.5 Å². The van der Waals surface area contributed by atoms with Crippen molar-refractivity contribution in [3.05, 3.63) is 89.0 Å². The highest BCUT2D eigenvalue weighted by Gasteiger charge is 2.09. The van der Waals surface area contributed by atoms with Crippen LogP contribution in [0.25, 0.3) is 26.9 Å². The van der Waals surface area contributed by atoms with Gasteiger partial charge in [0.05, 0.1) is 10.2 Å². The number of aryl methyl sites for hydroxylation is 1. The Morgan fingerprint density at radius 1 is 1.09 bits per heavy atom. The molecular formula is C25H19ClN2O3S. The molecule has 4 aromatic rings. The summed E-state index contributed by atoms with van der Waals surface area (Å²) >= 11 is 7.66. The first-order chi connectivity index (χ1) is 15.5. The van der Waals surface area contributed by atoms with Crippen LogP contribution in [0.3, 0.4) is 0 Å². The van der Waals surface area contributed by atoms with Crippen molar-refractivity contribution in [1.82, 2.24) is 4.98 Å². The second kappa shape index (κ2) is 9.77. The smallest absolute Gasteiger partial charge is 0.331 e. The fraction of sp³-hybridized carbons (Fsp3) is 0.0800. The van der Waals surface area contributed by atoms with E-state index in [2.05, 4.69) is 23.3 Å². The highest BCUT2D eigenvalue weighted by atomic mass is 35.5. The number of rotatable bonds is 6. The largest absolute Gasteiger partial charge is 0.452 e. The highest BCUT2D eigenvalue weighted by Crippen LogP contribution is 2.31. The summed E-state index contributed by atoms with van der Waals surface area (Å²) < 4.78 is 6.13. The number of hydrogen-bond acceptors (Lipinski definition) is 5. The van der Waals surface area contributed by atoms with E-state index in [1.165, 1.54) is 11.6 Å². The standard InChI is InChI=1S/C25H19ClN2O3S/c1-16-6-12-21-22(14-16)32-25(28-21)18-7-10-19(11-8-18)27-23(29)15-31-24(30)13-9-17-4-2-3-5-20(17)26/h2-14H,15H2,1H3,(H,27,29). The lowest BCUT2D eigenvalue weighted by Gasteiger charge is -2.06. The van der Waals surface area contributed by atoms with E-state index in [9.17, 15) is 9.59 Å². The Morgan fingerprint density at radius 2 is 1.88 bits per heavy atom. The van der Waals surface area contributed by atoms with Gasteiger partial charge in [0.25, 0.3) is 5.91 Å². The number of anilines is 1. The fourth-order valence-electron chi connectivity index (χ4n) is 3.00. The van der Waals surface area contributed by atoms with Gasteiger partial charge in [-0.05, 0) is 66.6 Å². The van der Waals surface area contributed by atoms with Gasteiger partial charge in [-0.15, -0.1) is 11.3 Å². The molecule has 0 radical (unpaired) electrons. The summed E-state index contributed by atoms with van der Waals surface area (Å²) in [5, 5.41) is 4.16. The first-order valence-electron chi connectivity index (χ1n) is 9.85. The van der Waals surface area contributed by atoms with Gasteiger partial charge in [-0.1, -0.05) is 35.9 Å². The van der Waals surface area contributed by atoms with Crippen molar-refractivity contribution in [3.8, 4) is 10.6 Å². The molecule has 32 heavy (non-hydrogen) atoms. The average molecular weight is 463 g/mol. The fourth-order valence-corrected chi connectivity index (χ4v) is 4.27. The molecule has 0 fully saturated rings. The second-order valence-electron chi connectivity index (χ2n) is 7.08. The van der Waals surface area contributed by atoms with Gasteiger partial charge in [-0.3, -0.25) is 4.79 Å². The summed E-state index contributed by atoms with van der Waals surface area (Å²) in [4.78, 5) is 28.6. The minimum absolute atomic E-state index is 0.384. The number of thiazole rings is 1. The molecule has 1 heterocycles. The Balaban J connectivity index is 1.31. The van der Waals surface area contributed by atoms with E-state index in [1.807, 2.05) is 30.3 Å². The zero-order chi connectivity index (χ0) is 22.5. The third-order valence-corrected chi connectivity index (χ3v) is 6.02. The lowest BCUT2D eigenvalue weighted by atomic mass is 10.2. The number of fused-ring (bicyclic) bond motifs is 1. The van der Waals surface area contributed by atoms with Crippen LogP contribution in [0.5, 0.6) is 0 Å². The third-order valence-electron chi connectivity index (χ3n) is 4.61. The molecule has 0 bridgehead atoms. The number of carbonyl (C=O) groups is 2. The van der Waals surface area contributed by atoms with Crippen LogP contribution in [-0.2, 0) is 14.3 Å². The van der Waals surface area contributed by atoms with Gasteiger partial charge >= 0.3 is 5.97 Å². The summed E-state index contributed by atoms with van der Waals surface area (Å²) in [6.07, 6.45) is 2.79. The van der Waals surface area contributed by atoms with Crippen molar-refractivity contribution in [2.75, 3.05) is 11.9 Å². The van der Waals surface area contributed by atoms with E-state index in [0.717, 1.165) is 20.8 Å². The van der Waals surface area contributed by atoms with Crippen molar-refractivity contribution < 1.29 is 14.3 Å².